The van der Waals surface area contributed by atoms with E-state index >= 15 is 0 Å². The lowest BCUT2D eigenvalue weighted by Crippen LogP contribution is -2.21. The molecule has 0 saturated heterocycles. The molecule has 38 heavy (non-hydrogen) atoms. The minimum Gasteiger partial charge on any atom is -0.490 e. The number of aliphatic hydroxyl groups is 1. The Balaban J connectivity index is 1.76. The molecule has 12 heteroatoms. The molecule has 0 bridgehead atoms. The number of amides is 1. The van der Waals surface area contributed by atoms with Crippen molar-refractivity contribution < 1.29 is 37.5 Å². The zero-order chi connectivity index (χ0) is 27.8. The lowest BCUT2D eigenvalue weighted by Gasteiger charge is -2.20. The topological polar surface area (TPSA) is 123 Å². The maximum atomic E-state index is 13.1. The van der Waals surface area contributed by atoms with Crippen LogP contribution in [0, 0.1) is 10.1 Å². The molecular weight excluding hydrogens is 507 g/mol. The molecule has 0 fully saturated rings. The molecule has 0 radical (unpaired) electrons. The van der Waals surface area contributed by atoms with E-state index in [-0.39, 0.29) is 41.1 Å². The second-order valence-corrected chi connectivity index (χ2v) is 9.35. The summed E-state index contributed by atoms with van der Waals surface area (Å²) in [5.74, 6) is -0.972. The van der Waals surface area contributed by atoms with E-state index < -0.39 is 28.5 Å². The fourth-order valence-electron chi connectivity index (χ4n) is 4.06. The number of nitro benzene ring substituents is 1. The first-order chi connectivity index (χ1) is 17.7. The fraction of sp³-hybridized carbons (Fsp3) is 0.269. The molecule has 0 spiro atoms. The summed E-state index contributed by atoms with van der Waals surface area (Å²) in [6, 6.07) is 11.7. The largest absolute Gasteiger partial charge is 0.573 e. The predicted molar refractivity (Wildman–Crippen MR) is 134 cm³/mol. The van der Waals surface area contributed by atoms with Crippen LogP contribution in [0.1, 0.15) is 36.2 Å². The first kappa shape index (κ1) is 26.7. The van der Waals surface area contributed by atoms with E-state index in [0.717, 1.165) is 6.07 Å². The molecule has 1 heterocycles. The molecule has 0 atom stereocenters. The van der Waals surface area contributed by atoms with Crippen LogP contribution in [0.4, 0.5) is 35.9 Å². The SMILES string of the molecule is COc1cc(-c2ccc3c(c2)Nc2cc(CCC(C)(C)O)c(OC(F)(F)F)cc2NC3=O)ccc1[N+](=O)[O-]. The molecule has 0 aromatic heterocycles. The van der Waals surface area contributed by atoms with Crippen LogP contribution in [0.15, 0.2) is 48.5 Å². The van der Waals surface area contributed by atoms with E-state index in [0.29, 0.717) is 22.5 Å². The summed E-state index contributed by atoms with van der Waals surface area (Å²) >= 11 is 0. The van der Waals surface area contributed by atoms with Crippen LogP contribution in [0.25, 0.3) is 11.1 Å². The zero-order valence-electron chi connectivity index (χ0n) is 20.6. The minimum atomic E-state index is -4.95. The molecule has 0 aliphatic carbocycles. The van der Waals surface area contributed by atoms with Gasteiger partial charge in [0.05, 0.1) is 40.3 Å². The van der Waals surface area contributed by atoms with Gasteiger partial charge in [0.15, 0.2) is 5.75 Å². The van der Waals surface area contributed by atoms with E-state index in [9.17, 15) is 33.2 Å². The number of methoxy groups -OCH3 is 1. The molecular formula is C26H24F3N3O6. The second kappa shape index (κ2) is 9.86. The number of hydrogen-bond donors (Lipinski definition) is 3. The van der Waals surface area contributed by atoms with Crippen LogP contribution in [0.5, 0.6) is 11.5 Å². The first-order valence-corrected chi connectivity index (χ1v) is 11.4. The van der Waals surface area contributed by atoms with Crippen molar-refractivity contribution >= 4 is 28.7 Å². The molecule has 1 aliphatic rings. The number of aryl methyl sites for hydroxylation is 1. The number of carbonyl (C=O) groups excluding carboxylic acids is 1. The van der Waals surface area contributed by atoms with Crippen molar-refractivity contribution in [3.63, 3.8) is 0 Å². The third-order valence-electron chi connectivity index (χ3n) is 5.92. The quantitative estimate of drug-likeness (QED) is 0.246. The number of carbonyl (C=O) groups is 1. The summed E-state index contributed by atoms with van der Waals surface area (Å²) in [6.45, 7) is 3.09. The van der Waals surface area contributed by atoms with E-state index in [2.05, 4.69) is 15.4 Å². The van der Waals surface area contributed by atoms with Crippen LogP contribution in [0.2, 0.25) is 0 Å². The molecule has 3 N–H and O–H groups in total. The number of nitrogens with one attached hydrogen (secondary N) is 2. The number of hydrogen-bond acceptors (Lipinski definition) is 7. The monoisotopic (exact) mass is 531 g/mol. The van der Waals surface area contributed by atoms with Crippen molar-refractivity contribution in [1.82, 2.24) is 0 Å². The molecule has 9 nitrogen and oxygen atoms in total. The summed E-state index contributed by atoms with van der Waals surface area (Å²) in [6.07, 6.45) is -4.72. The van der Waals surface area contributed by atoms with E-state index in [4.69, 9.17) is 4.74 Å². The first-order valence-electron chi connectivity index (χ1n) is 11.4. The summed E-state index contributed by atoms with van der Waals surface area (Å²) < 4.78 is 48.7. The standard InChI is InChI=1S/C26H24F3N3O6/c1-25(2,34)9-8-16-11-19-20(13-22(16)38-26(27,28)29)31-24(33)17-6-4-14(10-18(17)30-19)15-5-7-21(32(35)36)23(12-15)37-3/h4-7,10-13,30,34H,8-9H2,1-3H3,(H,31,33). The Morgan fingerprint density at radius 2 is 1.61 bits per heavy atom. The molecule has 0 unspecified atom stereocenters. The third kappa shape index (κ3) is 5.97. The number of nitro groups is 1. The van der Waals surface area contributed by atoms with E-state index in [1.165, 1.54) is 31.4 Å². The molecule has 1 amide bonds. The molecule has 0 saturated carbocycles. The van der Waals surface area contributed by atoms with Crippen molar-refractivity contribution in [2.75, 3.05) is 17.7 Å². The maximum Gasteiger partial charge on any atom is 0.573 e. The minimum absolute atomic E-state index is 0.0622. The van der Waals surface area contributed by atoms with Gasteiger partial charge in [-0.25, -0.2) is 0 Å². The van der Waals surface area contributed by atoms with Gasteiger partial charge in [0.1, 0.15) is 5.75 Å². The second-order valence-electron chi connectivity index (χ2n) is 9.35. The third-order valence-corrected chi connectivity index (χ3v) is 5.92. The van der Waals surface area contributed by atoms with Crippen molar-refractivity contribution in [2.45, 2.75) is 38.7 Å². The predicted octanol–water partition coefficient (Wildman–Crippen LogP) is 6.18. The average molecular weight is 531 g/mol. The average Bonchev–Trinajstić information content (AvgIpc) is 2.95. The number of halogens is 3. The Kier molecular flexibility index (Phi) is 6.94. The number of fused-ring (bicyclic) bond motifs is 2. The Morgan fingerprint density at radius 1 is 0.947 bits per heavy atom. The highest BCUT2D eigenvalue weighted by Crippen LogP contribution is 2.41. The Hall–Kier alpha value is -4.32. The maximum absolute atomic E-state index is 13.1. The summed E-state index contributed by atoms with van der Waals surface area (Å²) in [5.41, 5.74) is 1.06. The summed E-state index contributed by atoms with van der Waals surface area (Å²) in [7, 11) is 1.32. The van der Waals surface area contributed by atoms with Crippen LogP contribution < -0.4 is 20.1 Å². The lowest BCUT2D eigenvalue weighted by molar-refractivity contribution is -0.385. The molecule has 4 rings (SSSR count). The summed E-state index contributed by atoms with van der Waals surface area (Å²) in [5, 5.41) is 27.0. The van der Waals surface area contributed by atoms with Gasteiger partial charge in [0, 0.05) is 12.1 Å². The van der Waals surface area contributed by atoms with Crippen molar-refractivity contribution in [3.8, 4) is 22.6 Å². The number of benzene rings is 3. The lowest BCUT2D eigenvalue weighted by atomic mass is 9.97. The van der Waals surface area contributed by atoms with Gasteiger partial charge < -0.3 is 25.2 Å². The highest BCUT2D eigenvalue weighted by Gasteiger charge is 2.33. The Labute approximate surface area is 215 Å². The number of ether oxygens (including phenoxy) is 2. The molecule has 3 aromatic rings. The number of anilines is 3. The number of nitrogens with zero attached hydrogens (tertiary/aromatic N) is 1. The normalized spacial score (nSPS) is 13.0. The van der Waals surface area contributed by atoms with Gasteiger partial charge in [0.25, 0.3) is 5.91 Å². The van der Waals surface area contributed by atoms with Gasteiger partial charge in [-0.05, 0) is 73.7 Å². The zero-order valence-corrected chi connectivity index (χ0v) is 20.6. The molecule has 3 aromatic carbocycles. The van der Waals surface area contributed by atoms with Gasteiger partial charge in [0.2, 0.25) is 0 Å². The molecule has 1 aliphatic heterocycles. The van der Waals surface area contributed by atoms with Crippen LogP contribution in [0.3, 0.4) is 0 Å². The van der Waals surface area contributed by atoms with Gasteiger partial charge in [-0.3, -0.25) is 14.9 Å². The Bertz CT molecular complexity index is 1420. The van der Waals surface area contributed by atoms with E-state index in [1.807, 2.05) is 0 Å². The van der Waals surface area contributed by atoms with Gasteiger partial charge >= 0.3 is 12.0 Å². The van der Waals surface area contributed by atoms with Gasteiger partial charge in [-0.2, -0.15) is 0 Å². The van der Waals surface area contributed by atoms with E-state index in [1.54, 1.807) is 32.0 Å². The van der Waals surface area contributed by atoms with Gasteiger partial charge in [-0.1, -0.05) is 6.07 Å². The van der Waals surface area contributed by atoms with Crippen molar-refractivity contribution in [1.29, 1.82) is 0 Å². The molecule has 200 valence electrons. The highest BCUT2D eigenvalue weighted by molar-refractivity contribution is 6.12. The van der Waals surface area contributed by atoms with Crippen molar-refractivity contribution in [3.05, 3.63) is 69.8 Å². The van der Waals surface area contributed by atoms with Gasteiger partial charge in [-0.15, -0.1) is 13.2 Å². The smallest absolute Gasteiger partial charge is 0.490 e. The van der Waals surface area contributed by atoms with Crippen molar-refractivity contribution in [2.24, 2.45) is 0 Å². The number of rotatable bonds is 7. The van der Waals surface area contributed by atoms with Crippen LogP contribution >= 0.6 is 0 Å². The van der Waals surface area contributed by atoms with Crippen LogP contribution in [-0.4, -0.2) is 35.0 Å². The summed E-state index contributed by atoms with van der Waals surface area (Å²) in [4.78, 5) is 23.6. The fourth-order valence-corrected chi connectivity index (χ4v) is 4.06. The number of alkyl halides is 3. The van der Waals surface area contributed by atoms with Crippen LogP contribution in [-0.2, 0) is 6.42 Å². The highest BCUT2D eigenvalue weighted by atomic mass is 19.4. The Morgan fingerprint density at radius 3 is 2.24 bits per heavy atom.